The predicted octanol–water partition coefficient (Wildman–Crippen LogP) is 3.19. The second-order valence-corrected chi connectivity index (χ2v) is 6.85. The zero-order valence-electron chi connectivity index (χ0n) is 14.3. The van der Waals surface area contributed by atoms with Crippen LogP contribution in [0.25, 0.3) is 0 Å². The highest BCUT2D eigenvalue weighted by Crippen LogP contribution is 2.29. The van der Waals surface area contributed by atoms with E-state index in [1.807, 2.05) is 51.1 Å². The molecule has 0 radical (unpaired) electrons. The van der Waals surface area contributed by atoms with Crippen LogP contribution < -0.4 is 10.6 Å². The maximum Gasteiger partial charge on any atom is 0.223 e. The first kappa shape index (κ1) is 17.5. The highest BCUT2D eigenvalue weighted by Gasteiger charge is 2.30. The van der Waals surface area contributed by atoms with Crippen molar-refractivity contribution in [3.63, 3.8) is 0 Å². The van der Waals surface area contributed by atoms with Crippen molar-refractivity contribution in [3.05, 3.63) is 35.9 Å². The Morgan fingerprint density at radius 3 is 1.83 bits per heavy atom. The second-order valence-electron chi connectivity index (χ2n) is 6.85. The Morgan fingerprint density at radius 2 is 1.35 bits per heavy atom. The molecule has 0 saturated heterocycles. The number of nitrogens with one attached hydrogen (secondary N) is 2. The monoisotopic (exact) mass is 316 g/mol. The van der Waals surface area contributed by atoms with E-state index in [0.717, 1.165) is 31.2 Å². The van der Waals surface area contributed by atoms with Gasteiger partial charge < -0.3 is 10.6 Å². The number of rotatable bonds is 5. The Balaban J connectivity index is 1.81. The molecule has 2 rings (SSSR count). The molecule has 126 valence electrons. The Labute approximate surface area is 139 Å². The fourth-order valence-corrected chi connectivity index (χ4v) is 3.18. The molecule has 4 heteroatoms. The summed E-state index contributed by atoms with van der Waals surface area (Å²) in [6, 6.07) is 10.2. The van der Waals surface area contributed by atoms with Crippen molar-refractivity contribution in [3.8, 4) is 0 Å². The third kappa shape index (κ3) is 5.08. The van der Waals surface area contributed by atoms with E-state index in [0.29, 0.717) is 0 Å². The van der Waals surface area contributed by atoms with Gasteiger partial charge in [-0.1, -0.05) is 30.3 Å². The number of hydrogen-bond donors (Lipinski definition) is 2. The average Bonchev–Trinajstić information content (AvgIpc) is 2.55. The normalized spacial score (nSPS) is 22.4. The van der Waals surface area contributed by atoms with Gasteiger partial charge in [0.15, 0.2) is 0 Å². The van der Waals surface area contributed by atoms with Crippen LogP contribution in [0.5, 0.6) is 0 Å². The summed E-state index contributed by atoms with van der Waals surface area (Å²) in [6.07, 6.45) is 3.19. The van der Waals surface area contributed by atoms with Crippen molar-refractivity contribution >= 4 is 11.8 Å². The van der Waals surface area contributed by atoms with E-state index in [9.17, 15) is 9.59 Å². The van der Waals surface area contributed by atoms with E-state index in [-0.39, 0.29) is 35.7 Å². The topological polar surface area (TPSA) is 58.2 Å². The van der Waals surface area contributed by atoms with Crippen LogP contribution >= 0.6 is 0 Å². The van der Waals surface area contributed by atoms with Crippen molar-refractivity contribution < 1.29 is 9.59 Å². The number of benzene rings is 1. The van der Waals surface area contributed by atoms with Gasteiger partial charge in [0.2, 0.25) is 11.8 Å². The summed E-state index contributed by atoms with van der Waals surface area (Å²) in [5, 5.41) is 6.07. The van der Waals surface area contributed by atoms with Crippen LogP contribution in [0.2, 0.25) is 0 Å². The summed E-state index contributed by atoms with van der Waals surface area (Å²) in [6.45, 7) is 5.96. The molecule has 0 bridgehead atoms. The van der Waals surface area contributed by atoms with Gasteiger partial charge >= 0.3 is 0 Å². The molecule has 0 spiro atoms. The fraction of sp³-hybridized carbons (Fsp3) is 0.579. The van der Waals surface area contributed by atoms with Gasteiger partial charge in [-0.05, 0) is 52.0 Å². The van der Waals surface area contributed by atoms with Gasteiger partial charge in [-0.25, -0.2) is 0 Å². The van der Waals surface area contributed by atoms with Crippen LogP contribution in [0, 0.1) is 11.8 Å². The maximum absolute atomic E-state index is 12.4. The molecule has 1 unspecified atom stereocenters. The summed E-state index contributed by atoms with van der Waals surface area (Å²) < 4.78 is 0. The molecule has 1 aliphatic rings. The van der Waals surface area contributed by atoms with E-state index >= 15 is 0 Å². The zero-order chi connectivity index (χ0) is 16.8. The highest BCUT2D eigenvalue weighted by molar-refractivity contribution is 5.81. The van der Waals surface area contributed by atoms with E-state index in [2.05, 4.69) is 10.6 Å². The first-order valence-corrected chi connectivity index (χ1v) is 8.63. The van der Waals surface area contributed by atoms with Gasteiger partial charge in [0.1, 0.15) is 0 Å². The predicted molar refractivity (Wildman–Crippen MR) is 91.7 cm³/mol. The van der Waals surface area contributed by atoms with Gasteiger partial charge in [0.05, 0.1) is 6.04 Å². The SMILES string of the molecule is CC(C)NC(=O)C1CCC(C(=O)NC(C)c2ccccc2)CC1. The van der Waals surface area contributed by atoms with Crippen LogP contribution in [0.15, 0.2) is 30.3 Å². The molecule has 1 aromatic carbocycles. The van der Waals surface area contributed by atoms with Crippen molar-refractivity contribution in [1.29, 1.82) is 0 Å². The lowest BCUT2D eigenvalue weighted by molar-refractivity contribution is -0.131. The number of carbonyl (C=O) groups is 2. The van der Waals surface area contributed by atoms with Crippen molar-refractivity contribution in [2.75, 3.05) is 0 Å². The molecule has 4 nitrogen and oxygen atoms in total. The largest absolute Gasteiger partial charge is 0.354 e. The van der Waals surface area contributed by atoms with E-state index < -0.39 is 0 Å². The Bertz CT molecular complexity index is 519. The Morgan fingerprint density at radius 1 is 0.870 bits per heavy atom. The summed E-state index contributed by atoms with van der Waals surface area (Å²) in [5.74, 6) is 0.345. The summed E-state index contributed by atoms with van der Waals surface area (Å²) in [7, 11) is 0. The zero-order valence-corrected chi connectivity index (χ0v) is 14.3. The minimum absolute atomic E-state index is 0.0191. The molecule has 2 amide bonds. The molecular weight excluding hydrogens is 288 g/mol. The highest BCUT2D eigenvalue weighted by atomic mass is 16.2. The molecule has 0 aliphatic heterocycles. The standard InChI is InChI=1S/C19H28N2O2/c1-13(2)20-18(22)16-9-11-17(12-10-16)19(23)21-14(3)15-7-5-4-6-8-15/h4-8,13-14,16-17H,9-12H2,1-3H3,(H,20,22)(H,21,23). The van der Waals surface area contributed by atoms with Crippen molar-refractivity contribution in [2.45, 2.75) is 58.5 Å². The number of hydrogen-bond acceptors (Lipinski definition) is 2. The molecule has 23 heavy (non-hydrogen) atoms. The molecule has 1 aliphatic carbocycles. The van der Waals surface area contributed by atoms with Crippen LogP contribution in [-0.4, -0.2) is 17.9 Å². The first-order chi connectivity index (χ1) is 11.0. The van der Waals surface area contributed by atoms with Crippen LogP contribution in [-0.2, 0) is 9.59 Å². The third-order valence-corrected chi connectivity index (χ3v) is 4.56. The van der Waals surface area contributed by atoms with Gasteiger partial charge in [-0.2, -0.15) is 0 Å². The summed E-state index contributed by atoms with van der Waals surface area (Å²) in [4.78, 5) is 24.5. The summed E-state index contributed by atoms with van der Waals surface area (Å²) in [5.41, 5.74) is 1.12. The lowest BCUT2D eigenvalue weighted by Gasteiger charge is -2.28. The summed E-state index contributed by atoms with van der Waals surface area (Å²) >= 11 is 0. The van der Waals surface area contributed by atoms with E-state index in [1.165, 1.54) is 0 Å². The third-order valence-electron chi connectivity index (χ3n) is 4.56. The van der Waals surface area contributed by atoms with Crippen LogP contribution in [0.4, 0.5) is 0 Å². The minimum atomic E-state index is 0.0191. The maximum atomic E-state index is 12.4. The van der Waals surface area contributed by atoms with Gasteiger partial charge in [-0.15, -0.1) is 0 Å². The molecular formula is C19H28N2O2. The molecule has 1 aromatic rings. The molecule has 1 fully saturated rings. The minimum Gasteiger partial charge on any atom is -0.354 e. The van der Waals surface area contributed by atoms with Gasteiger partial charge in [-0.3, -0.25) is 9.59 Å². The average molecular weight is 316 g/mol. The van der Waals surface area contributed by atoms with E-state index in [1.54, 1.807) is 0 Å². The lowest BCUT2D eigenvalue weighted by atomic mass is 9.81. The fourth-order valence-electron chi connectivity index (χ4n) is 3.18. The molecule has 0 heterocycles. The molecule has 1 atom stereocenters. The van der Waals surface area contributed by atoms with Crippen molar-refractivity contribution in [1.82, 2.24) is 10.6 Å². The van der Waals surface area contributed by atoms with Crippen LogP contribution in [0.3, 0.4) is 0 Å². The Hall–Kier alpha value is -1.84. The quantitative estimate of drug-likeness (QED) is 0.876. The van der Waals surface area contributed by atoms with Crippen molar-refractivity contribution in [2.24, 2.45) is 11.8 Å². The van der Waals surface area contributed by atoms with E-state index in [4.69, 9.17) is 0 Å². The molecule has 0 aromatic heterocycles. The number of amides is 2. The lowest BCUT2D eigenvalue weighted by Crippen LogP contribution is -2.40. The smallest absolute Gasteiger partial charge is 0.223 e. The van der Waals surface area contributed by atoms with Crippen LogP contribution in [0.1, 0.15) is 58.1 Å². The molecule has 1 saturated carbocycles. The number of carbonyl (C=O) groups excluding carboxylic acids is 2. The van der Waals surface area contributed by atoms with Gasteiger partial charge in [0, 0.05) is 17.9 Å². The second kappa shape index (κ2) is 8.14. The Kier molecular flexibility index (Phi) is 6.20. The first-order valence-electron chi connectivity index (χ1n) is 8.63. The molecule has 2 N–H and O–H groups in total. The van der Waals surface area contributed by atoms with Gasteiger partial charge in [0.25, 0.3) is 0 Å².